The molecule has 35 heavy (non-hydrogen) atoms. The summed E-state index contributed by atoms with van der Waals surface area (Å²) in [6.45, 7) is 0. The number of nitrogens with one attached hydrogen (secondary N) is 1. The molecule has 0 aliphatic carbocycles. The van der Waals surface area contributed by atoms with Crippen LogP contribution >= 0.6 is 27.5 Å². The zero-order chi connectivity index (χ0) is 24.5. The van der Waals surface area contributed by atoms with Gasteiger partial charge in [0.15, 0.2) is 0 Å². The Balaban J connectivity index is 1.31. The second-order valence-corrected chi connectivity index (χ2v) is 8.97. The van der Waals surface area contributed by atoms with E-state index in [1.807, 2.05) is 36.4 Å². The smallest absolute Gasteiger partial charge is 0.343 e. The van der Waals surface area contributed by atoms with Gasteiger partial charge in [-0.3, -0.25) is 9.59 Å². The number of benzene rings is 4. The predicted molar refractivity (Wildman–Crippen MR) is 138 cm³/mol. The molecule has 4 aromatic rings. The van der Waals surface area contributed by atoms with Gasteiger partial charge in [-0.05, 0) is 60.0 Å². The Kier molecular flexibility index (Phi) is 6.11. The standard InChI is InChI=1S/C27H16BrClN2O4/c28-18-10-14-20(15-11-18)31-25(32)23(29)24(26(31)33)30-19-12-8-17(9-13-19)27(34)35-22-7-3-5-16-4-1-2-6-21(16)22/h1-15,30H. The van der Waals surface area contributed by atoms with E-state index in [1.165, 1.54) is 0 Å². The molecule has 1 aliphatic rings. The first kappa shape index (κ1) is 22.8. The van der Waals surface area contributed by atoms with Gasteiger partial charge in [0.05, 0.1) is 11.3 Å². The van der Waals surface area contributed by atoms with E-state index in [0.29, 0.717) is 22.7 Å². The highest BCUT2D eigenvalue weighted by atomic mass is 79.9. The molecular formula is C27H16BrClN2O4. The predicted octanol–water partition coefficient (Wildman–Crippen LogP) is 6.26. The quantitative estimate of drug-likeness (QED) is 0.181. The van der Waals surface area contributed by atoms with E-state index >= 15 is 0 Å². The molecule has 0 unspecified atom stereocenters. The lowest BCUT2D eigenvalue weighted by molar-refractivity contribution is -0.120. The Bertz CT molecular complexity index is 1510. The maximum Gasteiger partial charge on any atom is 0.343 e. The van der Waals surface area contributed by atoms with Crippen molar-refractivity contribution in [2.45, 2.75) is 0 Å². The molecule has 0 saturated carbocycles. The zero-order valence-corrected chi connectivity index (χ0v) is 20.3. The first-order chi connectivity index (χ1) is 16.9. The lowest BCUT2D eigenvalue weighted by atomic mass is 10.1. The zero-order valence-electron chi connectivity index (χ0n) is 18.0. The van der Waals surface area contributed by atoms with Gasteiger partial charge in [0.25, 0.3) is 11.8 Å². The monoisotopic (exact) mass is 546 g/mol. The number of esters is 1. The van der Waals surface area contributed by atoms with Crippen LogP contribution in [0.2, 0.25) is 0 Å². The van der Waals surface area contributed by atoms with Crippen LogP contribution in [0.3, 0.4) is 0 Å². The van der Waals surface area contributed by atoms with Gasteiger partial charge in [-0.15, -0.1) is 0 Å². The number of hydrogen-bond acceptors (Lipinski definition) is 5. The fraction of sp³-hybridized carbons (Fsp3) is 0. The van der Waals surface area contributed by atoms with Gasteiger partial charge in [-0.25, -0.2) is 9.69 Å². The Hall–Kier alpha value is -3.94. The highest BCUT2D eigenvalue weighted by Crippen LogP contribution is 2.31. The van der Waals surface area contributed by atoms with Crippen molar-refractivity contribution in [2.75, 3.05) is 10.2 Å². The Labute approximate surface area is 213 Å². The summed E-state index contributed by atoms with van der Waals surface area (Å²) >= 11 is 9.52. The van der Waals surface area contributed by atoms with Crippen molar-refractivity contribution in [2.24, 2.45) is 0 Å². The molecule has 0 atom stereocenters. The first-order valence-electron chi connectivity index (χ1n) is 10.5. The largest absolute Gasteiger partial charge is 0.422 e. The third kappa shape index (κ3) is 4.43. The van der Waals surface area contributed by atoms with Gasteiger partial charge in [0.2, 0.25) is 0 Å². The van der Waals surface area contributed by atoms with E-state index in [0.717, 1.165) is 20.1 Å². The number of rotatable bonds is 5. The van der Waals surface area contributed by atoms with E-state index in [9.17, 15) is 14.4 Å². The second kappa shape index (κ2) is 9.37. The SMILES string of the molecule is O=C(Oc1cccc2ccccc12)c1ccc(NC2=C(Cl)C(=O)N(c3ccc(Br)cc3)C2=O)cc1. The lowest BCUT2D eigenvalue weighted by Gasteiger charge is -2.15. The van der Waals surface area contributed by atoms with Gasteiger partial charge < -0.3 is 10.1 Å². The number of imide groups is 1. The maximum absolute atomic E-state index is 12.9. The summed E-state index contributed by atoms with van der Waals surface area (Å²) in [6, 6.07) is 26.2. The number of ether oxygens (including phenoxy) is 1. The summed E-state index contributed by atoms with van der Waals surface area (Å²) in [5, 5.41) is 4.49. The lowest BCUT2D eigenvalue weighted by Crippen LogP contribution is -2.32. The number of halogens is 2. The third-order valence-electron chi connectivity index (χ3n) is 5.45. The van der Waals surface area contributed by atoms with E-state index in [4.69, 9.17) is 16.3 Å². The van der Waals surface area contributed by atoms with Crippen LogP contribution in [-0.2, 0) is 9.59 Å². The van der Waals surface area contributed by atoms with E-state index in [1.54, 1.807) is 54.6 Å². The second-order valence-electron chi connectivity index (χ2n) is 7.68. The summed E-state index contributed by atoms with van der Waals surface area (Å²) in [4.78, 5) is 39.2. The van der Waals surface area contributed by atoms with Crippen molar-refractivity contribution in [3.63, 3.8) is 0 Å². The number of fused-ring (bicyclic) bond motifs is 1. The number of hydrogen-bond donors (Lipinski definition) is 1. The minimum atomic E-state index is -0.614. The van der Waals surface area contributed by atoms with Gasteiger partial charge in [0, 0.05) is 15.5 Å². The molecule has 172 valence electrons. The van der Waals surface area contributed by atoms with Crippen molar-refractivity contribution in [3.05, 3.63) is 112 Å². The Morgan fingerprint density at radius 2 is 1.51 bits per heavy atom. The highest BCUT2D eigenvalue weighted by molar-refractivity contribution is 9.10. The molecular weight excluding hydrogens is 532 g/mol. The van der Waals surface area contributed by atoms with E-state index in [-0.39, 0.29) is 10.7 Å². The normalized spacial score (nSPS) is 13.5. The molecule has 1 N–H and O–H groups in total. The van der Waals surface area contributed by atoms with Gasteiger partial charge in [0.1, 0.15) is 16.5 Å². The van der Waals surface area contributed by atoms with Crippen LogP contribution in [0.4, 0.5) is 11.4 Å². The molecule has 6 nitrogen and oxygen atoms in total. The maximum atomic E-state index is 12.9. The molecule has 5 rings (SSSR count). The Morgan fingerprint density at radius 1 is 0.829 bits per heavy atom. The van der Waals surface area contributed by atoms with Gasteiger partial charge in [-0.2, -0.15) is 0 Å². The van der Waals surface area contributed by atoms with Crippen molar-refractivity contribution in [1.82, 2.24) is 0 Å². The van der Waals surface area contributed by atoms with Gasteiger partial charge >= 0.3 is 5.97 Å². The molecule has 0 saturated heterocycles. The summed E-state index contributed by atoms with van der Waals surface area (Å²) in [7, 11) is 0. The number of anilines is 2. The van der Waals surface area contributed by atoms with Crippen molar-refractivity contribution >= 4 is 67.5 Å². The van der Waals surface area contributed by atoms with Crippen LogP contribution < -0.4 is 15.0 Å². The molecule has 0 fully saturated rings. The van der Waals surface area contributed by atoms with Crippen LogP contribution in [-0.4, -0.2) is 17.8 Å². The number of carbonyl (C=O) groups excluding carboxylic acids is 3. The molecule has 8 heteroatoms. The van der Waals surface area contributed by atoms with Gasteiger partial charge in [-0.1, -0.05) is 63.9 Å². The number of carbonyl (C=O) groups is 3. The van der Waals surface area contributed by atoms with E-state index < -0.39 is 17.8 Å². The fourth-order valence-corrected chi connectivity index (χ4v) is 4.19. The third-order valence-corrected chi connectivity index (χ3v) is 6.33. The van der Waals surface area contributed by atoms with Crippen molar-refractivity contribution in [3.8, 4) is 5.75 Å². The van der Waals surface area contributed by atoms with E-state index in [2.05, 4.69) is 21.2 Å². The summed E-state index contributed by atoms with van der Waals surface area (Å²) in [5.74, 6) is -1.23. The first-order valence-corrected chi connectivity index (χ1v) is 11.7. The topological polar surface area (TPSA) is 75.7 Å². The Morgan fingerprint density at radius 3 is 2.26 bits per heavy atom. The van der Waals surface area contributed by atoms with Crippen molar-refractivity contribution < 1.29 is 19.1 Å². The summed E-state index contributed by atoms with van der Waals surface area (Å²) in [5.41, 5.74) is 1.18. The van der Waals surface area contributed by atoms with Crippen LogP contribution in [0.5, 0.6) is 5.75 Å². The summed E-state index contributed by atoms with van der Waals surface area (Å²) in [6.07, 6.45) is 0. The molecule has 0 bridgehead atoms. The minimum absolute atomic E-state index is 0.0364. The minimum Gasteiger partial charge on any atom is -0.422 e. The molecule has 2 amide bonds. The number of amides is 2. The van der Waals surface area contributed by atoms with Crippen LogP contribution in [0.15, 0.2) is 106 Å². The summed E-state index contributed by atoms with van der Waals surface area (Å²) < 4.78 is 6.42. The fourth-order valence-electron chi connectivity index (χ4n) is 3.71. The molecule has 0 aromatic heterocycles. The molecule has 1 heterocycles. The van der Waals surface area contributed by atoms with Crippen molar-refractivity contribution in [1.29, 1.82) is 0 Å². The average Bonchev–Trinajstić information content (AvgIpc) is 3.08. The average molecular weight is 548 g/mol. The van der Waals surface area contributed by atoms with Crippen LogP contribution in [0.25, 0.3) is 10.8 Å². The number of nitrogens with zero attached hydrogens (tertiary/aromatic N) is 1. The van der Waals surface area contributed by atoms with Crippen LogP contribution in [0, 0.1) is 0 Å². The molecule has 4 aromatic carbocycles. The molecule has 0 radical (unpaired) electrons. The molecule has 0 spiro atoms. The molecule has 1 aliphatic heterocycles. The van der Waals surface area contributed by atoms with Crippen LogP contribution in [0.1, 0.15) is 10.4 Å². The highest BCUT2D eigenvalue weighted by Gasteiger charge is 2.38.